The molecule has 1 heterocycles. The van der Waals surface area contributed by atoms with E-state index in [9.17, 15) is 13.2 Å². The second kappa shape index (κ2) is 10.5. The summed E-state index contributed by atoms with van der Waals surface area (Å²) in [5.74, 6) is -0.786. The lowest BCUT2D eigenvalue weighted by atomic mass is 9.76. The van der Waals surface area contributed by atoms with Crippen molar-refractivity contribution in [3.05, 3.63) is 83.9 Å². The molecule has 194 valence electrons. The minimum absolute atomic E-state index is 0.312. The van der Waals surface area contributed by atoms with Gasteiger partial charge >= 0.3 is 12.1 Å². The van der Waals surface area contributed by atoms with Gasteiger partial charge in [0, 0.05) is 11.3 Å². The number of para-hydroxylation sites is 1. The lowest BCUT2D eigenvalue weighted by molar-refractivity contribution is -0.192. The summed E-state index contributed by atoms with van der Waals surface area (Å²) in [6, 6.07) is 25.3. The highest BCUT2D eigenvalue weighted by Gasteiger charge is 2.40. The van der Waals surface area contributed by atoms with Crippen molar-refractivity contribution < 1.29 is 27.8 Å². The molecule has 0 radical (unpaired) electrons. The van der Waals surface area contributed by atoms with Crippen molar-refractivity contribution >= 4 is 17.5 Å². The summed E-state index contributed by atoms with van der Waals surface area (Å²) >= 11 is 0. The number of anilines is 1. The average molecular weight is 512 g/mol. The highest BCUT2D eigenvalue weighted by Crippen LogP contribution is 2.44. The molecule has 3 aromatic rings. The lowest BCUT2D eigenvalue weighted by Crippen LogP contribution is -2.45. The molecule has 2 atom stereocenters. The summed E-state index contributed by atoms with van der Waals surface area (Å²) in [4.78, 5) is 13.9. The SMILES string of the molecule is COc1cccc(-c2cccc(C3CCCC4(C3)N=C(N)c3ccccc3N4)c2)c1.O=C(O)C(F)(F)F. The molecule has 2 aliphatic rings. The van der Waals surface area contributed by atoms with Gasteiger partial charge in [-0.05, 0) is 72.6 Å². The number of amidine groups is 1. The Labute approximate surface area is 213 Å². The second-order valence-corrected chi connectivity index (χ2v) is 9.15. The fraction of sp³-hybridized carbons (Fsp3) is 0.286. The first-order valence-electron chi connectivity index (χ1n) is 11.9. The highest BCUT2D eigenvalue weighted by molar-refractivity contribution is 6.04. The molecule has 5 rings (SSSR count). The number of fused-ring (bicyclic) bond motifs is 1. The van der Waals surface area contributed by atoms with E-state index in [0.717, 1.165) is 36.3 Å². The van der Waals surface area contributed by atoms with Gasteiger partial charge in [-0.2, -0.15) is 13.2 Å². The summed E-state index contributed by atoms with van der Waals surface area (Å²) in [5, 5.41) is 10.8. The number of alkyl halides is 3. The molecule has 0 bridgehead atoms. The normalized spacial score (nSPS) is 20.5. The van der Waals surface area contributed by atoms with E-state index >= 15 is 0 Å². The number of nitrogens with two attached hydrogens (primary N) is 1. The number of hydrogen-bond acceptors (Lipinski definition) is 5. The number of nitrogens with one attached hydrogen (secondary N) is 1. The molecular weight excluding hydrogens is 483 g/mol. The number of methoxy groups -OCH3 is 1. The van der Waals surface area contributed by atoms with Gasteiger partial charge in [0.05, 0.1) is 7.11 Å². The van der Waals surface area contributed by atoms with E-state index in [1.54, 1.807) is 7.11 Å². The molecule has 2 unspecified atom stereocenters. The van der Waals surface area contributed by atoms with E-state index in [1.807, 2.05) is 24.3 Å². The summed E-state index contributed by atoms with van der Waals surface area (Å²) in [5.41, 5.74) is 11.9. The number of halogens is 3. The fourth-order valence-corrected chi connectivity index (χ4v) is 4.91. The van der Waals surface area contributed by atoms with Crippen LogP contribution in [-0.2, 0) is 4.79 Å². The van der Waals surface area contributed by atoms with E-state index in [-0.39, 0.29) is 5.66 Å². The fourth-order valence-electron chi connectivity index (χ4n) is 4.91. The molecule has 1 spiro atoms. The van der Waals surface area contributed by atoms with Crippen molar-refractivity contribution in [3.63, 3.8) is 0 Å². The lowest BCUT2D eigenvalue weighted by Gasteiger charge is -2.42. The van der Waals surface area contributed by atoms with Gasteiger partial charge in [0.15, 0.2) is 0 Å². The van der Waals surface area contributed by atoms with Crippen molar-refractivity contribution in [2.45, 2.75) is 43.4 Å². The topological polar surface area (TPSA) is 96.9 Å². The van der Waals surface area contributed by atoms with Crippen LogP contribution >= 0.6 is 0 Å². The Morgan fingerprint density at radius 2 is 1.76 bits per heavy atom. The van der Waals surface area contributed by atoms with Crippen LogP contribution < -0.4 is 15.8 Å². The quantitative estimate of drug-likeness (QED) is 0.390. The van der Waals surface area contributed by atoms with Gasteiger partial charge in [0.1, 0.15) is 17.2 Å². The van der Waals surface area contributed by atoms with Crippen molar-refractivity contribution in [1.29, 1.82) is 0 Å². The molecule has 0 saturated heterocycles. The van der Waals surface area contributed by atoms with Crippen molar-refractivity contribution in [2.24, 2.45) is 10.7 Å². The number of benzene rings is 3. The molecule has 1 aliphatic carbocycles. The van der Waals surface area contributed by atoms with Crippen LogP contribution in [-0.4, -0.2) is 35.9 Å². The number of hydrogen-bond donors (Lipinski definition) is 3. The van der Waals surface area contributed by atoms with Gasteiger partial charge in [0.25, 0.3) is 0 Å². The minimum atomic E-state index is -5.08. The maximum Gasteiger partial charge on any atom is 0.490 e. The molecule has 37 heavy (non-hydrogen) atoms. The molecule has 3 aromatic carbocycles. The van der Waals surface area contributed by atoms with Crippen LogP contribution in [0.15, 0.2) is 77.8 Å². The van der Waals surface area contributed by atoms with Gasteiger partial charge in [-0.15, -0.1) is 0 Å². The van der Waals surface area contributed by atoms with Crippen LogP contribution in [0, 0.1) is 0 Å². The summed E-state index contributed by atoms with van der Waals surface area (Å²) < 4.78 is 37.1. The largest absolute Gasteiger partial charge is 0.497 e. The second-order valence-electron chi connectivity index (χ2n) is 9.15. The zero-order chi connectivity index (χ0) is 26.6. The first-order chi connectivity index (χ1) is 17.6. The van der Waals surface area contributed by atoms with Crippen molar-refractivity contribution in [3.8, 4) is 16.9 Å². The maximum absolute atomic E-state index is 10.6. The van der Waals surface area contributed by atoms with E-state index in [1.165, 1.54) is 23.1 Å². The van der Waals surface area contributed by atoms with Gasteiger partial charge in [0.2, 0.25) is 0 Å². The van der Waals surface area contributed by atoms with E-state index in [2.05, 4.69) is 53.8 Å². The zero-order valence-corrected chi connectivity index (χ0v) is 20.3. The summed E-state index contributed by atoms with van der Waals surface area (Å²) in [6.07, 6.45) is -0.834. The first-order valence-corrected chi connectivity index (χ1v) is 11.9. The standard InChI is InChI=1S/C26H27N3O.C2HF3O2/c1-30-22-11-5-9-20(16-22)18-7-4-8-19(15-18)21-10-6-14-26(17-21)28-24-13-3-2-12-23(24)25(27)29-26;3-2(4,5)1(6)7/h2-5,7-9,11-13,15-16,21,28H,6,10,14,17H2,1H3,(H2,27,29);(H,6,7). The summed E-state index contributed by atoms with van der Waals surface area (Å²) in [6.45, 7) is 0. The van der Waals surface area contributed by atoms with E-state index < -0.39 is 12.1 Å². The van der Waals surface area contributed by atoms with Gasteiger partial charge in [-0.1, -0.05) is 48.5 Å². The van der Waals surface area contributed by atoms with E-state index in [4.69, 9.17) is 25.4 Å². The van der Waals surface area contributed by atoms with Gasteiger partial charge in [-0.25, -0.2) is 9.79 Å². The predicted molar refractivity (Wildman–Crippen MR) is 137 cm³/mol. The van der Waals surface area contributed by atoms with E-state index in [0.29, 0.717) is 11.8 Å². The smallest absolute Gasteiger partial charge is 0.490 e. The molecule has 0 aromatic heterocycles. The number of aliphatic imine (C=N–C) groups is 1. The Hall–Kier alpha value is -4.01. The van der Waals surface area contributed by atoms with Gasteiger partial charge < -0.3 is 20.9 Å². The molecule has 1 fully saturated rings. The highest BCUT2D eigenvalue weighted by atomic mass is 19.4. The van der Waals surface area contributed by atoms with Crippen molar-refractivity contribution in [2.75, 3.05) is 12.4 Å². The number of aliphatic carboxylic acids is 1. The Morgan fingerprint density at radius 1 is 1.08 bits per heavy atom. The number of carbonyl (C=O) groups is 1. The third-order valence-electron chi connectivity index (χ3n) is 6.64. The first kappa shape index (κ1) is 26.1. The molecule has 6 nitrogen and oxygen atoms in total. The average Bonchev–Trinajstić information content (AvgIpc) is 2.88. The monoisotopic (exact) mass is 511 g/mol. The Morgan fingerprint density at radius 3 is 2.46 bits per heavy atom. The minimum Gasteiger partial charge on any atom is -0.497 e. The van der Waals surface area contributed by atoms with Crippen LogP contribution in [0.2, 0.25) is 0 Å². The zero-order valence-electron chi connectivity index (χ0n) is 20.3. The molecule has 4 N–H and O–H groups in total. The predicted octanol–water partition coefficient (Wildman–Crippen LogP) is 6.18. The van der Waals surface area contributed by atoms with Crippen LogP contribution in [0.25, 0.3) is 11.1 Å². The Bertz CT molecular complexity index is 1310. The van der Waals surface area contributed by atoms with Gasteiger partial charge in [-0.3, -0.25) is 0 Å². The molecule has 9 heteroatoms. The molecule has 0 amide bonds. The Kier molecular flexibility index (Phi) is 7.42. The number of rotatable bonds is 3. The Balaban J connectivity index is 0.000000405. The van der Waals surface area contributed by atoms with Crippen LogP contribution in [0.5, 0.6) is 5.75 Å². The number of carboxylic acid groups (broad SMARTS) is 1. The van der Waals surface area contributed by atoms with Crippen molar-refractivity contribution in [1.82, 2.24) is 0 Å². The third-order valence-corrected chi connectivity index (χ3v) is 6.64. The number of nitrogens with zero attached hydrogens (tertiary/aromatic N) is 1. The molecular formula is C28H28F3N3O3. The third kappa shape index (κ3) is 6.04. The summed E-state index contributed by atoms with van der Waals surface area (Å²) in [7, 11) is 1.71. The molecule has 1 aliphatic heterocycles. The van der Waals surface area contributed by atoms with Crippen LogP contribution in [0.4, 0.5) is 18.9 Å². The van der Waals surface area contributed by atoms with Crippen LogP contribution in [0.3, 0.4) is 0 Å². The maximum atomic E-state index is 10.6. The van der Waals surface area contributed by atoms with Crippen LogP contribution in [0.1, 0.15) is 42.7 Å². The molecule has 1 saturated carbocycles. The number of ether oxygens (including phenoxy) is 1. The number of carboxylic acids is 1.